The van der Waals surface area contributed by atoms with Gasteiger partial charge in [0.2, 0.25) is 0 Å². The van der Waals surface area contributed by atoms with Gasteiger partial charge in [0.05, 0.1) is 24.8 Å². The summed E-state index contributed by atoms with van der Waals surface area (Å²) in [6, 6.07) is 5.62. The van der Waals surface area contributed by atoms with Crippen molar-refractivity contribution in [2.75, 3.05) is 26.4 Å². The van der Waals surface area contributed by atoms with E-state index in [4.69, 9.17) is 26.2 Å². The number of rotatable bonds is 5. The molecule has 0 spiro atoms. The van der Waals surface area contributed by atoms with Crippen LogP contribution in [0, 0.1) is 5.41 Å². The molecule has 1 heterocycles. The van der Waals surface area contributed by atoms with Crippen molar-refractivity contribution in [2.24, 2.45) is 5.41 Å². The zero-order valence-electron chi connectivity index (χ0n) is 9.91. The summed E-state index contributed by atoms with van der Waals surface area (Å²) < 4.78 is 10.9. The molecule has 17 heavy (non-hydrogen) atoms. The van der Waals surface area contributed by atoms with Crippen LogP contribution in [0.25, 0.3) is 0 Å². The van der Waals surface area contributed by atoms with Crippen molar-refractivity contribution in [2.45, 2.75) is 13.3 Å². The Morgan fingerprint density at radius 3 is 2.76 bits per heavy atom. The summed E-state index contributed by atoms with van der Waals surface area (Å²) in [6.45, 7) is 4.36. The van der Waals surface area contributed by atoms with Crippen LogP contribution >= 0.6 is 11.6 Å². The molecule has 0 saturated carbocycles. The molecule has 0 unspecified atom stereocenters. The van der Waals surface area contributed by atoms with Crippen molar-refractivity contribution in [1.29, 1.82) is 0 Å². The molecule has 3 nitrogen and oxygen atoms in total. The van der Waals surface area contributed by atoms with Gasteiger partial charge in [-0.25, -0.2) is 0 Å². The summed E-state index contributed by atoms with van der Waals surface area (Å²) in [4.78, 5) is 0. The first-order chi connectivity index (χ1) is 8.13. The molecular formula is C13H17ClO3. The SMILES string of the molecule is CC1(COc2ccc(CCO)cc2Cl)COC1. The van der Waals surface area contributed by atoms with Gasteiger partial charge in [0.15, 0.2) is 0 Å². The Morgan fingerprint density at radius 2 is 2.24 bits per heavy atom. The van der Waals surface area contributed by atoms with Gasteiger partial charge < -0.3 is 14.6 Å². The monoisotopic (exact) mass is 256 g/mol. The number of aliphatic hydroxyl groups excluding tert-OH is 1. The van der Waals surface area contributed by atoms with E-state index in [1.807, 2.05) is 18.2 Å². The number of benzene rings is 1. The Kier molecular flexibility index (Phi) is 3.92. The Morgan fingerprint density at radius 1 is 1.47 bits per heavy atom. The van der Waals surface area contributed by atoms with Gasteiger partial charge in [0.25, 0.3) is 0 Å². The lowest BCUT2D eigenvalue weighted by Gasteiger charge is -2.37. The van der Waals surface area contributed by atoms with E-state index in [9.17, 15) is 0 Å². The second kappa shape index (κ2) is 5.25. The molecule has 1 aromatic rings. The van der Waals surface area contributed by atoms with Crippen LogP contribution < -0.4 is 4.74 Å². The maximum absolute atomic E-state index is 8.84. The summed E-state index contributed by atoms with van der Waals surface area (Å²) in [5.41, 5.74) is 1.13. The van der Waals surface area contributed by atoms with E-state index in [1.54, 1.807) is 0 Å². The third-order valence-corrected chi connectivity index (χ3v) is 3.17. The molecule has 1 aliphatic rings. The van der Waals surface area contributed by atoms with E-state index >= 15 is 0 Å². The topological polar surface area (TPSA) is 38.7 Å². The molecule has 4 heteroatoms. The molecular weight excluding hydrogens is 240 g/mol. The van der Waals surface area contributed by atoms with E-state index in [0.717, 1.165) is 18.8 Å². The second-order valence-corrected chi connectivity index (χ2v) is 5.24. The number of hydrogen-bond acceptors (Lipinski definition) is 3. The standard InChI is InChI=1S/C13H17ClO3/c1-13(7-16-8-13)9-17-12-3-2-10(4-5-15)6-11(12)14/h2-3,6,15H,4-5,7-9H2,1H3. The predicted octanol–water partition coefficient (Wildman–Crippen LogP) is 2.29. The van der Waals surface area contributed by atoms with Gasteiger partial charge >= 0.3 is 0 Å². The minimum absolute atomic E-state index is 0.118. The summed E-state index contributed by atoms with van der Waals surface area (Å²) in [6.07, 6.45) is 0.617. The highest BCUT2D eigenvalue weighted by atomic mass is 35.5. The van der Waals surface area contributed by atoms with Gasteiger partial charge in [-0.1, -0.05) is 24.6 Å². The summed E-state index contributed by atoms with van der Waals surface area (Å²) >= 11 is 6.12. The minimum Gasteiger partial charge on any atom is -0.491 e. The zero-order chi connectivity index (χ0) is 12.3. The van der Waals surface area contributed by atoms with Gasteiger partial charge in [-0.15, -0.1) is 0 Å². The fourth-order valence-electron chi connectivity index (χ4n) is 1.73. The quantitative estimate of drug-likeness (QED) is 0.879. The van der Waals surface area contributed by atoms with Crippen LogP contribution in [0.15, 0.2) is 18.2 Å². The van der Waals surface area contributed by atoms with Gasteiger partial charge in [-0.05, 0) is 24.1 Å². The second-order valence-electron chi connectivity index (χ2n) is 4.83. The summed E-state index contributed by atoms with van der Waals surface area (Å²) in [7, 11) is 0. The lowest BCUT2D eigenvalue weighted by molar-refractivity contribution is -0.120. The first-order valence-electron chi connectivity index (χ1n) is 5.73. The summed E-state index contributed by atoms with van der Waals surface area (Å²) in [5, 5.41) is 9.44. The largest absolute Gasteiger partial charge is 0.491 e. The molecule has 1 aromatic carbocycles. The highest BCUT2D eigenvalue weighted by molar-refractivity contribution is 6.32. The first-order valence-corrected chi connectivity index (χ1v) is 6.11. The Bertz CT molecular complexity index is 388. The van der Waals surface area contributed by atoms with E-state index in [-0.39, 0.29) is 12.0 Å². The van der Waals surface area contributed by atoms with Crippen LogP contribution in [0.2, 0.25) is 5.02 Å². The number of halogens is 1. The predicted molar refractivity (Wildman–Crippen MR) is 66.7 cm³/mol. The van der Waals surface area contributed by atoms with E-state index < -0.39 is 0 Å². The smallest absolute Gasteiger partial charge is 0.137 e. The summed E-state index contributed by atoms with van der Waals surface area (Å²) in [5.74, 6) is 0.696. The van der Waals surface area contributed by atoms with Crippen molar-refractivity contribution in [3.8, 4) is 5.75 Å². The average molecular weight is 257 g/mol. The molecule has 94 valence electrons. The number of ether oxygens (including phenoxy) is 2. The van der Waals surface area contributed by atoms with Gasteiger partial charge in [0.1, 0.15) is 5.75 Å². The average Bonchev–Trinajstić information content (AvgIpc) is 2.26. The zero-order valence-corrected chi connectivity index (χ0v) is 10.7. The Balaban J connectivity index is 1.96. The molecule has 1 fully saturated rings. The van der Waals surface area contributed by atoms with Crippen LogP contribution in [0.1, 0.15) is 12.5 Å². The van der Waals surface area contributed by atoms with E-state index in [1.165, 1.54) is 0 Å². The van der Waals surface area contributed by atoms with Crippen LogP contribution in [0.5, 0.6) is 5.75 Å². The fourth-order valence-corrected chi connectivity index (χ4v) is 1.99. The van der Waals surface area contributed by atoms with Crippen molar-refractivity contribution >= 4 is 11.6 Å². The molecule has 0 radical (unpaired) electrons. The maximum Gasteiger partial charge on any atom is 0.137 e. The first kappa shape index (κ1) is 12.7. The lowest BCUT2D eigenvalue weighted by atomic mass is 9.90. The van der Waals surface area contributed by atoms with Crippen molar-refractivity contribution in [1.82, 2.24) is 0 Å². The third-order valence-electron chi connectivity index (χ3n) is 2.87. The lowest BCUT2D eigenvalue weighted by Crippen LogP contribution is -2.44. The Labute approximate surface area is 106 Å². The molecule has 1 N–H and O–H groups in total. The van der Waals surface area contributed by atoms with Crippen LogP contribution in [0.4, 0.5) is 0 Å². The third kappa shape index (κ3) is 3.12. The molecule has 1 saturated heterocycles. The normalized spacial score (nSPS) is 17.6. The van der Waals surface area contributed by atoms with Crippen molar-refractivity contribution in [3.63, 3.8) is 0 Å². The van der Waals surface area contributed by atoms with Crippen molar-refractivity contribution < 1.29 is 14.6 Å². The van der Waals surface area contributed by atoms with Crippen molar-refractivity contribution in [3.05, 3.63) is 28.8 Å². The van der Waals surface area contributed by atoms with Crippen LogP contribution in [-0.2, 0) is 11.2 Å². The van der Waals surface area contributed by atoms with Gasteiger partial charge in [-0.3, -0.25) is 0 Å². The molecule has 0 aromatic heterocycles. The number of hydrogen-bond donors (Lipinski definition) is 1. The number of aliphatic hydroxyl groups is 1. The van der Waals surface area contributed by atoms with E-state index in [0.29, 0.717) is 23.8 Å². The fraction of sp³-hybridized carbons (Fsp3) is 0.538. The van der Waals surface area contributed by atoms with Crippen LogP contribution in [0.3, 0.4) is 0 Å². The molecule has 0 aliphatic carbocycles. The Hall–Kier alpha value is -0.770. The molecule has 0 bridgehead atoms. The molecule has 2 rings (SSSR count). The highest BCUT2D eigenvalue weighted by Crippen LogP contribution is 2.31. The minimum atomic E-state index is 0.118. The molecule has 0 atom stereocenters. The van der Waals surface area contributed by atoms with E-state index in [2.05, 4.69) is 6.92 Å². The molecule has 0 amide bonds. The van der Waals surface area contributed by atoms with Gasteiger partial charge in [-0.2, -0.15) is 0 Å². The highest BCUT2D eigenvalue weighted by Gasteiger charge is 2.34. The van der Waals surface area contributed by atoms with Gasteiger partial charge in [0, 0.05) is 12.0 Å². The molecule has 1 aliphatic heterocycles. The maximum atomic E-state index is 8.84. The van der Waals surface area contributed by atoms with Crippen LogP contribution in [-0.4, -0.2) is 31.5 Å².